The summed E-state index contributed by atoms with van der Waals surface area (Å²) >= 11 is 3.69. The van der Waals surface area contributed by atoms with Crippen molar-refractivity contribution in [3.63, 3.8) is 0 Å². The van der Waals surface area contributed by atoms with Gasteiger partial charge in [0.2, 0.25) is 0 Å². The number of thiophene rings is 2. The third-order valence-corrected chi connectivity index (χ3v) is 32.1. The minimum atomic E-state index is 1.09. The monoisotopic (exact) mass is 1910 g/mol. The molecule has 4 heteroatoms. The van der Waals surface area contributed by atoms with Crippen LogP contribution in [0.4, 0.5) is 34.1 Å². The number of anilines is 6. The number of fused-ring (bicyclic) bond motifs is 10. The van der Waals surface area contributed by atoms with E-state index in [-0.39, 0.29) is 0 Å². The molecule has 26 aromatic carbocycles. The van der Waals surface area contributed by atoms with Crippen molar-refractivity contribution in [1.82, 2.24) is 0 Å². The molecule has 0 spiro atoms. The Morgan fingerprint density at radius 1 is 0.101 bits per heavy atom. The molecule has 0 amide bonds. The van der Waals surface area contributed by atoms with Crippen LogP contribution in [0.1, 0.15) is 0 Å². The molecule has 0 atom stereocenters. The molecule has 692 valence electrons. The predicted molar refractivity (Wildman–Crippen MR) is 638 cm³/mol. The second-order valence-corrected chi connectivity index (χ2v) is 40.4. The van der Waals surface area contributed by atoms with Gasteiger partial charge in [0.05, 0.1) is 0 Å². The van der Waals surface area contributed by atoms with E-state index in [2.05, 4.69) is 580 Å². The Bertz CT molecular complexity index is 9720. The number of rotatable bonds is 18. The molecule has 28 aromatic rings. The van der Waals surface area contributed by atoms with Crippen LogP contribution in [0.5, 0.6) is 0 Å². The quantitative estimate of drug-likeness (QED) is 0.0790. The van der Waals surface area contributed by atoms with Crippen LogP contribution in [0.15, 0.2) is 570 Å². The van der Waals surface area contributed by atoms with Gasteiger partial charge in [-0.3, -0.25) is 0 Å². The average molecular weight is 1920 g/mol. The minimum Gasteiger partial charge on any atom is -0.311 e. The van der Waals surface area contributed by atoms with Crippen LogP contribution in [0.25, 0.3) is 239 Å². The third kappa shape index (κ3) is 16.1. The van der Waals surface area contributed by atoms with Crippen molar-refractivity contribution in [2.45, 2.75) is 0 Å². The number of hydrogen-bond acceptors (Lipinski definition) is 4. The van der Waals surface area contributed by atoms with Crippen molar-refractivity contribution >= 4 is 165 Å². The molecule has 2 heterocycles. The Kier molecular flexibility index (Phi) is 22.8. The van der Waals surface area contributed by atoms with Gasteiger partial charge in [0, 0.05) is 53.6 Å². The highest BCUT2D eigenvalue weighted by atomic mass is 32.1. The fraction of sp³-hybridized carbons (Fsp3) is 0. The summed E-state index contributed by atoms with van der Waals surface area (Å²) in [5, 5.41) is 24.7. The first kappa shape index (κ1) is 88.3. The number of hydrogen-bond donors (Lipinski definition) is 0. The first-order chi connectivity index (χ1) is 73.4. The molecule has 28 rings (SSSR count). The molecule has 2 nitrogen and oxygen atoms in total. The Hall–Kier alpha value is -18.7. The zero-order valence-corrected chi connectivity index (χ0v) is 82.6. The standard InChI is InChI=1S/C74H50N2.C70H44S2/c1-5-23-57(24-6-1)75(58-25-7-2-8-26-58)61-44-39-52(40-45-61)71-63-31-15-16-32-64(63)72(53-41-46-62(47-42-53)76(59-27-9-3-10-28-59)60-29-11-4-12-30-60)70-50-56(43-48-69(70)71)74-67-35-19-17-33-65(67)73(66-34-18-20-36-68(66)74)55-38-37-51-21-13-14-22-54(51)49-55;1-3-16-46(17-4-1)63-39-41-65(71-63)48-28-32-50(33-29-48)67-55-21-9-10-22-56(55)68(51-34-30-49(31-35-51)66-42-40-64(72-66)47-18-5-2-6-19-47)62-44-54(37-38-61(62)67)70-59-25-13-11-23-57(59)69(58-24-12-14-26-60(58)70)53-36-27-45-15-7-8-20-52(45)43-53/h1-50H;1-44H. The smallest absolute Gasteiger partial charge is 0.0462 e. The summed E-state index contributed by atoms with van der Waals surface area (Å²) in [6.45, 7) is 0. The van der Waals surface area contributed by atoms with E-state index in [1.807, 2.05) is 22.7 Å². The molecule has 0 N–H and O–H groups in total. The van der Waals surface area contributed by atoms with Gasteiger partial charge in [0.15, 0.2) is 0 Å². The maximum Gasteiger partial charge on any atom is 0.0462 e. The molecule has 0 fully saturated rings. The van der Waals surface area contributed by atoms with Gasteiger partial charge in [-0.15, -0.1) is 22.7 Å². The van der Waals surface area contributed by atoms with E-state index >= 15 is 0 Å². The summed E-state index contributed by atoms with van der Waals surface area (Å²) in [6.07, 6.45) is 0. The van der Waals surface area contributed by atoms with Crippen LogP contribution in [0.3, 0.4) is 0 Å². The molecule has 0 aliphatic heterocycles. The lowest BCUT2D eigenvalue weighted by molar-refractivity contribution is 1.28. The molecule has 0 saturated heterocycles. The van der Waals surface area contributed by atoms with Crippen LogP contribution < -0.4 is 9.80 Å². The van der Waals surface area contributed by atoms with E-state index in [4.69, 9.17) is 0 Å². The Morgan fingerprint density at radius 3 is 0.534 bits per heavy atom. The van der Waals surface area contributed by atoms with Crippen LogP contribution in [0, 0.1) is 0 Å². The molecule has 2 aromatic heterocycles. The number of nitrogens with zero attached hydrogens (tertiary/aromatic N) is 2. The second kappa shape index (κ2) is 38.2. The lowest BCUT2D eigenvalue weighted by Crippen LogP contribution is -2.09. The number of benzene rings is 26. The molecule has 0 aliphatic carbocycles. The molecule has 0 radical (unpaired) electrons. The lowest BCUT2D eigenvalue weighted by Gasteiger charge is -2.26. The second-order valence-electron chi connectivity index (χ2n) is 38.2. The molecule has 0 unspecified atom stereocenters. The van der Waals surface area contributed by atoms with Crippen molar-refractivity contribution in [3.05, 3.63) is 570 Å². The normalized spacial score (nSPS) is 11.5. The predicted octanol–water partition coefficient (Wildman–Crippen LogP) is 42.0. The van der Waals surface area contributed by atoms with Gasteiger partial charge in [-0.2, -0.15) is 0 Å². The average Bonchev–Trinajstić information content (AvgIpc) is 0.762. The lowest BCUT2D eigenvalue weighted by atomic mass is 9.82. The fourth-order valence-electron chi connectivity index (χ4n) is 23.0. The summed E-state index contributed by atoms with van der Waals surface area (Å²) in [6, 6.07) is 210. The largest absolute Gasteiger partial charge is 0.311 e. The van der Waals surface area contributed by atoms with E-state index in [0.29, 0.717) is 0 Å². The Morgan fingerprint density at radius 2 is 0.270 bits per heavy atom. The molecular formula is C144H94N2S2. The summed E-state index contributed by atoms with van der Waals surface area (Å²) in [5.41, 5.74) is 31.1. The third-order valence-electron chi connectivity index (χ3n) is 29.7. The van der Waals surface area contributed by atoms with Crippen LogP contribution >= 0.6 is 22.7 Å². The minimum absolute atomic E-state index is 1.09. The maximum atomic E-state index is 2.50. The molecule has 0 aliphatic rings. The first-order valence-electron chi connectivity index (χ1n) is 50.8. The van der Waals surface area contributed by atoms with Gasteiger partial charge in [-0.05, 0) is 340 Å². The highest BCUT2D eigenvalue weighted by Crippen LogP contribution is 2.54. The highest BCUT2D eigenvalue weighted by molar-refractivity contribution is 7.19. The Balaban J connectivity index is 0.000000146. The van der Waals surface area contributed by atoms with Gasteiger partial charge < -0.3 is 9.80 Å². The summed E-state index contributed by atoms with van der Waals surface area (Å²) in [5.74, 6) is 0. The Labute approximate surface area is 868 Å². The van der Waals surface area contributed by atoms with E-state index in [0.717, 1.165) is 45.3 Å². The van der Waals surface area contributed by atoms with Gasteiger partial charge in [-0.25, -0.2) is 0 Å². The molecule has 148 heavy (non-hydrogen) atoms. The van der Waals surface area contributed by atoms with Gasteiger partial charge >= 0.3 is 0 Å². The molecule has 0 saturated carbocycles. The SMILES string of the molecule is c1ccc(-c2ccc(-c3ccc(-c4c5ccccc5c(-c5ccc(-c6ccc(-c7ccccc7)s6)cc5)c5cc(-c6c7ccccc7c(-c7ccc8ccccc8c7)c7ccccc67)ccc45)cc3)s2)cc1.c1ccc(N(c2ccccc2)c2ccc(-c3c4ccccc4c(-c4ccc(N(c5ccccc5)c5ccccc5)cc4)c4cc(-c5c6ccccc6c(-c6ccc7ccccc7c6)c6ccccc56)ccc34)cc2)cc1. The zero-order valence-electron chi connectivity index (χ0n) is 81.0. The van der Waals surface area contributed by atoms with Crippen LogP contribution in [0.2, 0.25) is 0 Å². The molecule has 0 bridgehead atoms. The van der Waals surface area contributed by atoms with Crippen molar-refractivity contribution < 1.29 is 0 Å². The van der Waals surface area contributed by atoms with Crippen molar-refractivity contribution in [3.8, 4) is 131 Å². The van der Waals surface area contributed by atoms with E-state index in [1.165, 1.54) is 227 Å². The topological polar surface area (TPSA) is 6.48 Å². The fourth-order valence-corrected chi connectivity index (χ4v) is 25.0. The van der Waals surface area contributed by atoms with E-state index < -0.39 is 0 Å². The van der Waals surface area contributed by atoms with E-state index in [9.17, 15) is 0 Å². The van der Waals surface area contributed by atoms with Gasteiger partial charge in [-0.1, -0.05) is 449 Å². The van der Waals surface area contributed by atoms with Gasteiger partial charge in [0.1, 0.15) is 0 Å². The summed E-state index contributed by atoms with van der Waals surface area (Å²) < 4.78 is 0. The zero-order chi connectivity index (χ0) is 97.9. The number of para-hydroxylation sites is 4. The summed E-state index contributed by atoms with van der Waals surface area (Å²) in [4.78, 5) is 9.75. The maximum absolute atomic E-state index is 2.50. The highest BCUT2D eigenvalue weighted by Gasteiger charge is 2.27. The van der Waals surface area contributed by atoms with E-state index in [1.54, 1.807) is 0 Å². The van der Waals surface area contributed by atoms with Crippen molar-refractivity contribution in [2.75, 3.05) is 9.80 Å². The van der Waals surface area contributed by atoms with Crippen molar-refractivity contribution in [1.29, 1.82) is 0 Å². The van der Waals surface area contributed by atoms with Crippen LogP contribution in [-0.2, 0) is 0 Å². The van der Waals surface area contributed by atoms with Gasteiger partial charge in [0.25, 0.3) is 0 Å². The van der Waals surface area contributed by atoms with Crippen LogP contribution in [-0.4, -0.2) is 0 Å². The molecular weight excluding hydrogens is 1820 g/mol. The first-order valence-corrected chi connectivity index (χ1v) is 52.4. The van der Waals surface area contributed by atoms with Crippen molar-refractivity contribution in [2.24, 2.45) is 0 Å². The summed E-state index contributed by atoms with van der Waals surface area (Å²) in [7, 11) is 0.